The number of carboxylic acids is 1. The van der Waals surface area contributed by atoms with Crippen molar-refractivity contribution in [3.05, 3.63) is 0 Å². The van der Waals surface area contributed by atoms with Crippen LogP contribution < -0.4 is 0 Å². The number of β-amino-alcohol motifs (C(OH)–C–C–N with tert-alkyl or cyclic N) is 1. The molecule has 18 heavy (non-hydrogen) atoms. The lowest BCUT2D eigenvalue weighted by molar-refractivity contribution is -0.161. The average molecular weight is 255 g/mol. The number of carbonyl (C=O) groups excluding carboxylic acids is 2. The molecule has 0 aromatic carbocycles. The van der Waals surface area contributed by atoms with Gasteiger partial charge < -0.3 is 10.2 Å². The fourth-order valence-electron chi connectivity index (χ4n) is 2.84. The van der Waals surface area contributed by atoms with Gasteiger partial charge in [-0.15, -0.1) is 0 Å². The summed E-state index contributed by atoms with van der Waals surface area (Å²) in [6.07, 6.45) is 3.36. The fourth-order valence-corrected chi connectivity index (χ4v) is 2.84. The molecule has 100 valence electrons. The molecule has 2 amide bonds. The molecule has 0 radical (unpaired) electrons. The molecule has 1 aliphatic carbocycles. The van der Waals surface area contributed by atoms with Crippen molar-refractivity contribution in [1.82, 2.24) is 4.90 Å². The van der Waals surface area contributed by atoms with Crippen LogP contribution in [0, 0.1) is 5.41 Å². The Balaban J connectivity index is 2.18. The molecule has 1 atom stereocenters. The monoisotopic (exact) mass is 255 g/mol. The summed E-state index contributed by atoms with van der Waals surface area (Å²) >= 11 is 0. The molecule has 2 rings (SSSR count). The van der Waals surface area contributed by atoms with Gasteiger partial charge in [-0.25, -0.2) is 4.79 Å². The highest BCUT2D eigenvalue weighted by Gasteiger charge is 2.54. The first-order chi connectivity index (χ1) is 8.28. The van der Waals surface area contributed by atoms with E-state index in [0.717, 1.165) is 24.7 Å². The molecular weight excluding hydrogens is 238 g/mol. The van der Waals surface area contributed by atoms with Crippen LogP contribution in [0.5, 0.6) is 0 Å². The normalized spacial score (nSPS) is 25.8. The van der Waals surface area contributed by atoms with Crippen LogP contribution in [0.1, 0.15) is 39.0 Å². The average Bonchev–Trinajstić information content (AvgIpc) is 2.81. The van der Waals surface area contributed by atoms with Gasteiger partial charge in [0, 0.05) is 6.42 Å². The van der Waals surface area contributed by atoms with Crippen molar-refractivity contribution in [2.24, 2.45) is 5.41 Å². The van der Waals surface area contributed by atoms with E-state index in [1.54, 1.807) is 0 Å². The summed E-state index contributed by atoms with van der Waals surface area (Å²) < 4.78 is 0. The Morgan fingerprint density at radius 3 is 2.44 bits per heavy atom. The molecule has 2 N–H and O–H groups in total. The number of aliphatic carboxylic acids is 1. The van der Waals surface area contributed by atoms with Gasteiger partial charge in [0.15, 0.2) is 5.60 Å². The van der Waals surface area contributed by atoms with Crippen molar-refractivity contribution < 1.29 is 24.6 Å². The third kappa shape index (κ3) is 1.90. The molecule has 1 aliphatic heterocycles. The number of hydrogen-bond acceptors (Lipinski definition) is 4. The van der Waals surface area contributed by atoms with Crippen molar-refractivity contribution in [2.75, 3.05) is 6.54 Å². The zero-order valence-corrected chi connectivity index (χ0v) is 10.3. The first-order valence-electron chi connectivity index (χ1n) is 6.09. The van der Waals surface area contributed by atoms with Gasteiger partial charge in [-0.2, -0.15) is 0 Å². The highest BCUT2D eigenvalue weighted by atomic mass is 16.4. The fraction of sp³-hybridized carbons (Fsp3) is 0.750. The molecule has 6 nitrogen and oxygen atoms in total. The minimum absolute atomic E-state index is 0.154. The number of aliphatic hydroxyl groups is 1. The predicted molar refractivity (Wildman–Crippen MR) is 60.5 cm³/mol. The largest absolute Gasteiger partial charge is 0.479 e. The molecular formula is C12H17NO5. The second-order valence-corrected chi connectivity index (χ2v) is 5.53. The van der Waals surface area contributed by atoms with Crippen molar-refractivity contribution in [1.29, 1.82) is 0 Å². The Hall–Kier alpha value is -1.43. The van der Waals surface area contributed by atoms with Crippen molar-refractivity contribution in [2.45, 2.75) is 44.6 Å². The summed E-state index contributed by atoms with van der Waals surface area (Å²) in [6, 6.07) is 0. The zero-order valence-electron chi connectivity index (χ0n) is 10.3. The minimum Gasteiger partial charge on any atom is -0.479 e. The van der Waals surface area contributed by atoms with E-state index in [0.29, 0.717) is 12.8 Å². The van der Waals surface area contributed by atoms with E-state index in [1.165, 1.54) is 0 Å². The molecule has 2 aliphatic rings. The number of hydrogen-bond donors (Lipinski definition) is 2. The lowest BCUT2D eigenvalue weighted by Crippen LogP contribution is -2.49. The maximum atomic E-state index is 12.2. The van der Waals surface area contributed by atoms with Crippen molar-refractivity contribution >= 4 is 17.8 Å². The highest BCUT2D eigenvalue weighted by Crippen LogP contribution is 2.47. The van der Waals surface area contributed by atoms with Crippen LogP contribution in [0.4, 0.5) is 0 Å². The van der Waals surface area contributed by atoms with E-state index < -0.39 is 23.5 Å². The molecule has 6 heteroatoms. The Kier molecular flexibility index (Phi) is 2.93. The van der Waals surface area contributed by atoms with Crippen LogP contribution in [-0.2, 0) is 14.4 Å². The number of carboxylic acid groups (broad SMARTS) is 1. The summed E-state index contributed by atoms with van der Waals surface area (Å²) in [6.45, 7) is 0.622. The summed E-state index contributed by atoms with van der Waals surface area (Å²) in [5.74, 6) is -2.12. The van der Waals surface area contributed by atoms with E-state index in [1.807, 2.05) is 0 Å². The van der Waals surface area contributed by atoms with Crippen LogP contribution in [0.15, 0.2) is 0 Å². The van der Waals surface area contributed by atoms with E-state index in [2.05, 4.69) is 0 Å². The molecule has 2 fully saturated rings. The number of imide groups is 1. The van der Waals surface area contributed by atoms with Gasteiger partial charge in [0.1, 0.15) is 0 Å². The number of amides is 2. The number of nitrogens with zero attached hydrogens (tertiary/aromatic N) is 1. The second kappa shape index (κ2) is 4.05. The topological polar surface area (TPSA) is 94.9 Å². The maximum absolute atomic E-state index is 12.2. The van der Waals surface area contributed by atoms with Crippen LogP contribution >= 0.6 is 0 Å². The maximum Gasteiger partial charge on any atom is 0.337 e. The summed E-state index contributed by atoms with van der Waals surface area (Å²) in [4.78, 5) is 35.8. The quantitative estimate of drug-likeness (QED) is 0.699. The van der Waals surface area contributed by atoms with Gasteiger partial charge in [-0.05, 0) is 19.8 Å². The summed E-state index contributed by atoms with van der Waals surface area (Å²) in [5, 5.41) is 18.5. The van der Waals surface area contributed by atoms with Gasteiger partial charge >= 0.3 is 5.97 Å². The predicted octanol–water partition coefficient (Wildman–Crippen LogP) is 0.141. The molecule has 0 aromatic heterocycles. The number of likely N-dealkylation sites (tertiary alicyclic amines) is 1. The lowest BCUT2D eigenvalue weighted by atomic mass is 9.84. The van der Waals surface area contributed by atoms with Crippen molar-refractivity contribution in [3.8, 4) is 0 Å². The standard InChI is InChI=1S/C12H17NO5/c1-11(18,10(16)17)7-13-8(14)6-12(9(13)15)4-2-3-5-12/h18H,2-7H2,1H3,(H,16,17). The van der Waals surface area contributed by atoms with E-state index in [-0.39, 0.29) is 18.2 Å². The van der Waals surface area contributed by atoms with Crippen LogP contribution in [-0.4, -0.2) is 45.0 Å². The Bertz CT molecular complexity index is 409. The van der Waals surface area contributed by atoms with Crippen LogP contribution in [0.3, 0.4) is 0 Å². The third-order valence-corrected chi connectivity index (χ3v) is 3.98. The lowest BCUT2D eigenvalue weighted by Gasteiger charge is -2.26. The van der Waals surface area contributed by atoms with Gasteiger partial charge in [0.2, 0.25) is 11.8 Å². The Morgan fingerprint density at radius 2 is 1.94 bits per heavy atom. The van der Waals surface area contributed by atoms with Crippen molar-refractivity contribution in [3.63, 3.8) is 0 Å². The smallest absolute Gasteiger partial charge is 0.337 e. The molecule has 1 unspecified atom stereocenters. The molecule has 1 saturated carbocycles. The number of carbonyl (C=O) groups is 3. The van der Waals surface area contributed by atoms with E-state index in [4.69, 9.17) is 5.11 Å². The van der Waals surface area contributed by atoms with Gasteiger partial charge in [0.05, 0.1) is 12.0 Å². The molecule has 0 aromatic rings. The summed E-state index contributed by atoms with van der Waals surface area (Å²) in [7, 11) is 0. The second-order valence-electron chi connectivity index (χ2n) is 5.53. The van der Waals surface area contributed by atoms with Gasteiger partial charge in [-0.1, -0.05) is 12.8 Å². The minimum atomic E-state index is -2.09. The van der Waals surface area contributed by atoms with E-state index >= 15 is 0 Å². The van der Waals surface area contributed by atoms with Crippen LogP contribution in [0.2, 0.25) is 0 Å². The third-order valence-electron chi connectivity index (χ3n) is 3.98. The molecule has 1 heterocycles. The zero-order chi connectivity index (χ0) is 13.6. The highest BCUT2D eigenvalue weighted by molar-refractivity contribution is 6.06. The van der Waals surface area contributed by atoms with Gasteiger partial charge in [0.25, 0.3) is 0 Å². The van der Waals surface area contributed by atoms with Gasteiger partial charge in [-0.3, -0.25) is 14.5 Å². The molecule has 0 bridgehead atoms. The Morgan fingerprint density at radius 1 is 1.39 bits per heavy atom. The SMILES string of the molecule is CC(O)(CN1C(=O)CC2(CCCC2)C1=O)C(=O)O. The summed E-state index contributed by atoms with van der Waals surface area (Å²) in [5.41, 5.74) is -2.71. The number of rotatable bonds is 3. The molecule has 1 spiro atoms. The van der Waals surface area contributed by atoms with E-state index in [9.17, 15) is 19.5 Å². The first-order valence-corrected chi connectivity index (χ1v) is 6.09. The van der Waals surface area contributed by atoms with Crippen LogP contribution in [0.25, 0.3) is 0 Å². The first kappa shape index (κ1) is 13.0. The molecule has 1 saturated heterocycles. The Labute approximate surface area is 105 Å².